The van der Waals surface area contributed by atoms with E-state index in [2.05, 4.69) is 10.3 Å². The number of hydrogen-bond acceptors (Lipinski definition) is 5. The standard InChI is InChI=1S/C17H21N3O4S/c1-2-14-12-17(22)20(13-19-14)10-9-18-16(21)8-11-25(23,24)15-6-4-3-5-7-15/h3-7,12-13H,2,8-11H2,1H3,(H,18,21). The molecule has 25 heavy (non-hydrogen) atoms. The van der Waals surface area contributed by atoms with Crippen LogP contribution in [0.1, 0.15) is 19.0 Å². The number of aryl methyl sites for hydroxylation is 1. The minimum atomic E-state index is -3.47. The Morgan fingerprint density at radius 3 is 2.60 bits per heavy atom. The zero-order chi connectivity index (χ0) is 18.3. The van der Waals surface area contributed by atoms with Gasteiger partial charge in [0.2, 0.25) is 5.91 Å². The van der Waals surface area contributed by atoms with E-state index >= 15 is 0 Å². The van der Waals surface area contributed by atoms with Crippen LogP contribution in [0.3, 0.4) is 0 Å². The topological polar surface area (TPSA) is 98.1 Å². The Balaban J connectivity index is 1.80. The van der Waals surface area contributed by atoms with E-state index in [9.17, 15) is 18.0 Å². The van der Waals surface area contributed by atoms with Gasteiger partial charge in [-0.2, -0.15) is 0 Å². The van der Waals surface area contributed by atoms with Gasteiger partial charge in [0.1, 0.15) is 0 Å². The van der Waals surface area contributed by atoms with Gasteiger partial charge in [-0.15, -0.1) is 0 Å². The number of sulfone groups is 1. The first kappa shape index (κ1) is 18.9. The number of benzene rings is 1. The molecule has 8 heteroatoms. The third-order valence-electron chi connectivity index (χ3n) is 3.67. The Morgan fingerprint density at radius 2 is 1.96 bits per heavy atom. The van der Waals surface area contributed by atoms with Crippen LogP contribution >= 0.6 is 0 Å². The molecule has 0 aliphatic carbocycles. The minimum Gasteiger partial charge on any atom is -0.354 e. The molecule has 2 aromatic rings. The van der Waals surface area contributed by atoms with Crippen molar-refractivity contribution in [3.63, 3.8) is 0 Å². The van der Waals surface area contributed by atoms with Crippen LogP contribution in [0.25, 0.3) is 0 Å². The van der Waals surface area contributed by atoms with Crippen LogP contribution in [0.15, 0.2) is 52.4 Å². The van der Waals surface area contributed by atoms with Crippen molar-refractivity contribution in [2.24, 2.45) is 0 Å². The molecule has 0 radical (unpaired) electrons. The summed E-state index contributed by atoms with van der Waals surface area (Å²) < 4.78 is 25.6. The molecule has 1 amide bonds. The predicted octanol–water partition coefficient (Wildman–Crippen LogP) is 0.786. The van der Waals surface area contributed by atoms with Crippen LogP contribution in [-0.4, -0.2) is 36.2 Å². The SMILES string of the molecule is CCc1cc(=O)n(CCNC(=O)CCS(=O)(=O)c2ccccc2)cn1. The summed E-state index contributed by atoms with van der Waals surface area (Å²) in [5.74, 6) is -0.624. The lowest BCUT2D eigenvalue weighted by Crippen LogP contribution is -2.31. The van der Waals surface area contributed by atoms with Crippen LogP contribution < -0.4 is 10.9 Å². The summed E-state index contributed by atoms with van der Waals surface area (Å²) in [7, 11) is -3.47. The summed E-state index contributed by atoms with van der Waals surface area (Å²) in [4.78, 5) is 28.0. The van der Waals surface area contributed by atoms with E-state index in [-0.39, 0.29) is 41.6 Å². The van der Waals surface area contributed by atoms with Crippen molar-refractivity contribution in [1.82, 2.24) is 14.9 Å². The van der Waals surface area contributed by atoms with Crippen LogP contribution in [0.4, 0.5) is 0 Å². The second-order valence-electron chi connectivity index (χ2n) is 5.50. The Bertz CT molecular complexity index is 876. The number of nitrogens with one attached hydrogen (secondary N) is 1. The average molecular weight is 363 g/mol. The van der Waals surface area contributed by atoms with Gasteiger partial charge in [-0.05, 0) is 18.6 Å². The zero-order valence-corrected chi connectivity index (χ0v) is 14.8. The Kier molecular flexibility index (Phi) is 6.46. The number of amides is 1. The molecule has 0 aliphatic heterocycles. The second kappa shape index (κ2) is 8.57. The van der Waals surface area contributed by atoms with E-state index in [1.807, 2.05) is 6.92 Å². The van der Waals surface area contributed by atoms with Crippen molar-refractivity contribution in [3.05, 3.63) is 58.8 Å². The first-order valence-corrected chi connectivity index (χ1v) is 9.67. The predicted molar refractivity (Wildman–Crippen MR) is 94.0 cm³/mol. The maximum Gasteiger partial charge on any atom is 0.253 e. The van der Waals surface area contributed by atoms with E-state index in [1.165, 1.54) is 29.1 Å². The quantitative estimate of drug-likeness (QED) is 0.748. The van der Waals surface area contributed by atoms with Crippen LogP contribution in [-0.2, 0) is 27.6 Å². The third-order valence-corrected chi connectivity index (χ3v) is 5.41. The smallest absolute Gasteiger partial charge is 0.253 e. The molecule has 2 rings (SSSR count). The Morgan fingerprint density at radius 1 is 1.24 bits per heavy atom. The largest absolute Gasteiger partial charge is 0.354 e. The molecule has 0 saturated carbocycles. The molecule has 0 fully saturated rings. The lowest BCUT2D eigenvalue weighted by atomic mass is 10.3. The molecule has 0 atom stereocenters. The summed E-state index contributed by atoms with van der Waals surface area (Å²) >= 11 is 0. The van der Waals surface area contributed by atoms with Gasteiger partial charge in [-0.1, -0.05) is 25.1 Å². The van der Waals surface area contributed by atoms with E-state index in [1.54, 1.807) is 18.2 Å². The lowest BCUT2D eigenvalue weighted by molar-refractivity contribution is -0.120. The zero-order valence-electron chi connectivity index (χ0n) is 14.0. The number of nitrogens with zero attached hydrogens (tertiary/aromatic N) is 2. The summed E-state index contributed by atoms with van der Waals surface area (Å²) in [6.07, 6.45) is 2.01. The average Bonchev–Trinajstić information content (AvgIpc) is 2.62. The van der Waals surface area contributed by atoms with Crippen molar-refractivity contribution < 1.29 is 13.2 Å². The maximum absolute atomic E-state index is 12.1. The van der Waals surface area contributed by atoms with Crippen molar-refractivity contribution in [2.75, 3.05) is 12.3 Å². The molecule has 0 bridgehead atoms. The monoisotopic (exact) mass is 363 g/mol. The fourth-order valence-electron chi connectivity index (χ4n) is 2.20. The highest BCUT2D eigenvalue weighted by Crippen LogP contribution is 2.10. The Hall–Kier alpha value is -2.48. The number of rotatable bonds is 8. The molecular weight excluding hydrogens is 342 g/mol. The maximum atomic E-state index is 12.1. The normalized spacial score (nSPS) is 11.2. The minimum absolute atomic E-state index is 0.126. The molecule has 1 aromatic carbocycles. The van der Waals surface area contributed by atoms with Gasteiger partial charge in [0, 0.05) is 31.3 Å². The second-order valence-corrected chi connectivity index (χ2v) is 7.61. The number of carbonyl (C=O) groups excluding carboxylic acids is 1. The van der Waals surface area contributed by atoms with Gasteiger partial charge in [-0.3, -0.25) is 14.2 Å². The molecule has 1 N–H and O–H groups in total. The van der Waals surface area contributed by atoms with Crippen LogP contribution in [0, 0.1) is 0 Å². The molecule has 134 valence electrons. The van der Waals surface area contributed by atoms with Gasteiger partial charge in [0.25, 0.3) is 5.56 Å². The first-order valence-electron chi connectivity index (χ1n) is 8.02. The van der Waals surface area contributed by atoms with Crippen molar-refractivity contribution in [1.29, 1.82) is 0 Å². The highest BCUT2D eigenvalue weighted by atomic mass is 32.2. The first-order chi connectivity index (χ1) is 11.9. The molecule has 0 aliphatic rings. The highest BCUT2D eigenvalue weighted by Gasteiger charge is 2.15. The summed E-state index contributed by atoms with van der Waals surface area (Å²) in [5, 5.41) is 2.62. The number of hydrogen-bond donors (Lipinski definition) is 1. The van der Waals surface area contributed by atoms with Crippen molar-refractivity contribution in [2.45, 2.75) is 31.2 Å². The molecule has 0 saturated heterocycles. The van der Waals surface area contributed by atoms with E-state index in [0.29, 0.717) is 6.42 Å². The van der Waals surface area contributed by atoms with E-state index in [4.69, 9.17) is 0 Å². The van der Waals surface area contributed by atoms with Crippen molar-refractivity contribution in [3.8, 4) is 0 Å². The van der Waals surface area contributed by atoms with Gasteiger partial charge in [0.15, 0.2) is 9.84 Å². The van der Waals surface area contributed by atoms with Crippen LogP contribution in [0.5, 0.6) is 0 Å². The molecular formula is C17H21N3O4S. The van der Waals surface area contributed by atoms with Gasteiger partial charge >= 0.3 is 0 Å². The lowest BCUT2D eigenvalue weighted by Gasteiger charge is -2.08. The van der Waals surface area contributed by atoms with Crippen LogP contribution in [0.2, 0.25) is 0 Å². The fourth-order valence-corrected chi connectivity index (χ4v) is 3.46. The highest BCUT2D eigenvalue weighted by molar-refractivity contribution is 7.91. The fraction of sp³-hybridized carbons (Fsp3) is 0.353. The van der Waals surface area contributed by atoms with Crippen molar-refractivity contribution >= 4 is 15.7 Å². The molecule has 0 unspecified atom stereocenters. The number of aromatic nitrogens is 2. The van der Waals surface area contributed by atoms with Gasteiger partial charge in [0.05, 0.1) is 17.0 Å². The van der Waals surface area contributed by atoms with Gasteiger partial charge < -0.3 is 5.32 Å². The summed E-state index contributed by atoms with van der Waals surface area (Å²) in [6.45, 7) is 2.43. The number of carbonyl (C=O) groups is 1. The third kappa shape index (κ3) is 5.53. The molecule has 7 nitrogen and oxygen atoms in total. The Labute approximate surface area is 146 Å². The molecule has 1 heterocycles. The van der Waals surface area contributed by atoms with E-state index in [0.717, 1.165) is 5.69 Å². The summed E-state index contributed by atoms with van der Waals surface area (Å²) in [5.41, 5.74) is 0.546. The molecule has 0 spiro atoms. The van der Waals surface area contributed by atoms with Gasteiger partial charge in [-0.25, -0.2) is 13.4 Å². The van der Waals surface area contributed by atoms with E-state index < -0.39 is 9.84 Å². The molecule has 1 aromatic heterocycles. The summed E-state index contributed by atoms with van der Waals surface area (Å²) in [6, 6.07) is 9.49.